The number of carboxylic acids is 1. The van der Waals surface area contributed by atoms with Crippen LogP contribution in [-0.4, -0.2) is 28.8 Å². The first-order chi connectivity index (χ1) is 7.91. The maximum Gasteiger partial charge on any atom is 0.317 e. The van der Waals surface area contributed by atoms with Gasteiger partial charge in [-0.3, -0.25) is 4.79 Å². The van der Waals surface area contributed by atoms with E-state index < -0.39 is 29.7 Å². The number of aliphatic carboxylic acids is 1. The Morgan fingerprint density at radius 1 is 1.41 bits per heavy atom. The van der Waals surface area contributed by atoms with Gasteiger partial charge in [-0.25, -0.2) is 8.78 Å². The van der Waals surface area contributed by atoms with E-state index in [1.807, 2.05) is 0 Å². The molecule has 0 aliphatic carbocycles. The summed E-state index contributed by atoms with van der Waals surface area (Å²) in [4.78, 5) is 10.3. The number of hydrogen-bond donors (Lipinski definition) is 3. The van der Waals surface area contributed by atoms with Crippen molar-refractivity contribution in [3.8, 4) is 0 Å². The summed E-state index contributed by atoms with van der Waals surface area (Å²) >= 11 is 0. The van der Waals surface area contributed by atoms with Crippen LogP contribution in [0.3, 0.4) is 0 Å². The van der Waals surface area contributed by atoms with Crippen molar-refractivity contribution in [1.82, 2.24) is 5.32 Å². The van der Waals surface area contributed by atoms with Crippen LogP contribution >= 0.6 is 0 Å². The zero-order chi connectivity index (χ0) is 13.0. The molecule has 2 unspecified atom stereocenters. The van der Waals surface area contributed by atoms with Gasteiger partial charge in [-0.1, -0.05) is 6.07 Å². The molecule has 17 heavy (non-hydrogen) atoms. The number of nitrogens with one attached hydrogen (secondary N) is 1. The van der Waals surface area contributed by atoms with E-state index in [0.717, 1.165) is 12.1 Å². The summed E-state index contributed by atoms with van der Waals surface area (Å²) in [5.74, 6) is -3.10. The first-order valence-corrected chi connectivity index (χ1v) is 5.00. The number of carbonyl (C=O) groups is 1. The zero-order valence-corrected chi connectivity index (χ0v) is 9.15. The van der Waals surface area contributed by atoms with E-state index in [2.05, 4.69) is 5.32 Å². The van der Waals surface area contributed by atoms with Gasteiger partial charge in [0.1, 0.15) is 0 Å². The summed E-state index contributed by atoms with van der Waals surface area (Å²) in [6.45, 7) is 1.23. The Labute approximate surface area is 96.9 Å². The van der Waals surface area contributed by atoms with E-state index in [-0.39, 0.29) is 12.1 Å². The fourth-order valence-corrected chi connectivity index (χ4v) is 1.34. The molecule has 0 amide bonds. The third kappa shape index (κ3) is 3.76. The van der Waals surface area contributed by atoms with Crippen LogP contribution in [0.5, 0.6) is 0 Å². The molecule has 0 fully saturated rings. The quantitative estimate of drug-likeness (QED) is 0.725. The highest BCUT2D eigenvalue weighted by Crippen LogP contribution is 2.19. The lowest BCUT2D eigenvalue weighted by atomic mass is 10.0. The minimum absolute atomic E-state index is 0.189. The SMILES string of the molecule is CC(NCC(=O)O)C(O)c1ccc(F)c(F)c1. The highest BCUT2D eigenvalue weighted by atomic mass is 19.2. The average Bonchev–Trinajstić information content (AvgIpc) is 2.28. The van der Waals surface area contributed by atoms with Gasteiger partial charge in [0.25, 0.3) is 0 Å². The molecule has 1 rings (SSSR count). The normalized spacial score (nSPS) is 14.4. The van der Waals surface area contributed by atoms with E-state index in [9.17, 15) is 18.7 Å². The Balaban J connectivity index is 2.70. The average molecular weight is 245 g/mol. The topological polar surface area (TPSA) is 69.6 Å². The van der Waals surface area contributed by atoms with Crippen LogP contribution in [0.2, 0.25) is 0 Å². The molecule has 1 aromatic rings. The fraction of sp³-hybridized carbons (Fsp3) is 0.364. The lowest BCUT2D eigenvalue weighted by Gasteiger charge is -2.19. The Hall–Kier alpha value is -1.53. The Morgan fingerprint density at radius 2 is 2.06 bits per heavy atom. The summed E-state index contributed by atoms with van der Waals surface area (Å²) in [6.07, 6.45) is -1.11. The molecule has 0 saturated heterocycles. The second-order valence-corrected chi connectivity index (χ2v) is 3.68. The lowest BCUT2D eigenvalue weighted by molar-refractivity contribution is -0.136. The van der Waals surface area contributed by atoms with Crippen molar-refractivity contribution in [2.75, 3.05) is 6.54 Å². The lowest BCUT2D eigenvalue weighted by Crippen LogP contribution is -2.35. The highest BCUT2D eigenvalue weighted by molar-refractivity contribution is 5.69. The molecular weight excluding hydrogens is 232 g/mol. The number of halogens is 2. The van der Waals surface area contributed by atoms with Gasteiger partial charge in [-0.15, -0.1) is 0 Å². The molecule has 0 aliphatic rings. The minimum Gasteiger partial charge on any atom is -0.480 e. The second kappa shape index (κ2) is 5.70. The molecule has 94 valence electrons. The van der Waals surface area contributed by atoms with Crippen LogP contribution in [0.1, 0.15) is 18.6 Å². The van der Waals surface area contributed by atoms with Gasteiger partial charge < -0.3 is 15.5 Å². The molecule has 6 heteroatoms. The first-order valence-electron chi connectivity index (χ1n) is 5.00. The molecule has 2 atom stereocenters. The smallest absolute Gasteiger partial charge is 0.317 e. The summed E-state index contributed by atoms with van der Waals surface area (Å²) in [5.41, 5.74) is 0.189. The molecule has 1 aromatic carbocycles. The number of rotatable bonds is 5. The van der Waals surface area contributed by atoms with Gasteiger partial charge in [0.15, 0.2) is 11.6 Å². The molecular formula is C11H13F2NO3. The summed E-state index contributed by atoms with van der Waals surface area (Å²) in [6, 6.07) is 2.47. The largest absolute Gasteiger partial charge is 0.480 e. The molecule has 0 spiro atoms. The van der Waals surface area contributed by atoms with Crippen molar-refractivity contribution in [2.45, 2.75) is 19.1 Å². The highest BCUT2D eigenvalue weighted by Gasteiger charge is 2.18. The van der Waals surface area contributed by atoms with E-state index in [1.54, 1.807) is 6.92 Å². The Bertz CT molecular complexity index is 412. The zero-order valence-electron chi connectivity index (χ0n) is 9.15. The van der Waals surface area contributed by atoms with Crippen molar-refractivity contribution in [3.63, 3.8) is 0 Å². The Morgan fingerprint density at radius 3 is 2.59 bits per heavy atom. The number of aliphatic hydroxyl groups is 1. The Kier molecular flexibility index (Phi) is 4.53. The van der Waals surface area contributed by atoms with Crippen LogP contribution in [0, 0.1) is 11.6 Å². The first kappa shape index (κ1) is 13.5. The number of aliphatic hydroxyl groups excluding tert-OH is 1. The van der Waals surface area contributed by atoms with Crippen LogP contribution < -0.4 is 5.32 Å². The third-order valence-electron chi connectivity index (χ3n) is 2.33. The van der Waals surface area contributed by atoms with E-state index in [0.29, 0.717) is 0 Å². The molecule has 4 nitrogen and oxygen atoms in total. The third-order valence-corrected chi connectivity index (χ3v) is 2.33. The molecule has 0 radical (unpaired) electrons. The fourth-order valence-electron chi connectivity index (χ4n) is 1.34. The molecule has 0 aliphatic heterocycles. The van der Waals surface area contributed by atoms with Crippen LogP contribution in [0.15, 0.2) is 18.2 Å². The maximum absolute atomic E-state index is 12.9. The van der Waals surface area contributed by atoms with Gasteiger partial charge in [0, 0.05) is 6.04 Å². The second-order valence-electron chi connectivity index (χ2n) is 3.68. The predicted molar refractivity (Wildman–Crippen MR) is 56.4 cm³/mol. The molecule has 0 heterocycles. The standard InChI is InChI=1S/C11H13F2NO3/c1-6(14-5-10(15)16)11(17)7-2-3-8(12)9(13)4-7/h2-4,6,11,14,17H,5H2,1H3,(H,15,16). The monoisotopic (exact) mass is 245 g/mol. The molecule has 0 saturated carbocycles. The van der Waals surface area contributed by atoms with Crippen LogP contribution in [-0.2, 0) is 4.79 Å². The molecule has 0 bridgehead atoms. The molecule has 0 aromatic heterocycles. The van der Waals surface area contributed by atoms with Crippen molar-refractivity contribution in [1.29, 1.82) is 0 Å². The minimum atomic E-state index is -1.11. The summed E-state index contributed by atoms with van der Waals surface area (Å²) in [7, 11) is 0. The summed E-state index contributed by atoms with van der Waals surface area (Å²) < 4.78 is 25.6. The van der Waals surface area contributed by atoms with Crippen molar-refractivity contribution in [3.05, 3.63) is 35.4 Å². The molecule has 3 N–H and O–H groups in total. The van der Waals surface area contributed by atoms with Crippen molar-refractivity contribution >= 4 is 5.97 Å². The number of hydrogen-bond acceptors (Lipinski definition) is 3. The van der Waals surface area contributed by atoms with Gasteiger partial charge in [0.2, 0.25) is 0 Å². The van der Waals surface area contributed by atoms with Gasteiger partial charge in [0.05, 0.1) is 12.6 Å². The van der Waals surface area contributed by atoms with E-state index in [1.165, 1.54) is 6.07 Å². The van der Waals surface area contributed by atoms with Gasteiger partial charge in [-0.05, 0) is 24.6 Å². The maximum atomic E-state index is 12.9. The summed E-state index contributed by atoms with van der Waals surface area (Å²) in [5, 5.41) is 20.8. The van der Waals surface area contributed by atoms with Crippen LogP contribution in [0.4, 0.5) is 8.78 Å². The van der Waals surface area contributed by atoms with Crippen LogP contribution in [0.25, 0.3) is 0 Å². The predicted octanol–water partition coefficient (Wildman–Crippen LogP) is 1.06. The number of benzene rings is 1. The van der Waals surface area contributed by atoms with E-state index in [4.69, 9.17) is 5.11 Å². The van der Waals surface area contributed by atoms with Crippen molar-refractivity contribution in [2.24, 2.45) is 0 Å². The van der Waals surface area contributed by atoms with Gasteiger partial charge >= 0.3 is 5.97 Å². The van der Waals surface area contributed by atoms with E-state index >= 15 is 0 Å². The van der Waals surface area contributed by atoms with Crippen molar-refractivity contribution < 1.29 is 23.8 Å². The number of carboxylic acid groups (broad SMARTS) is 1. The van der Waals surface area contributed by atoms with Gasteiger partial charge in [-0.2, -0.15) is 0 Å².